The predicted molar refractivity (Wildman–Crippen MR) is 66.8 cm³/mol. The van der Waals surface area contributed by atoms with Crippen LogP contribution >= 0.6 is 0 Å². The van der Waals surface area contributed by atoms with Crippen molar-refractivity contribution in [1.29, 1.82) is 0 Å². The van der Waals surface area contributed by atoms with Gasteiger partial charge in [0.05, 0.1) is 19.1 Å². The minimum absolute atomic E-state index is 0.0205. The van der Waals surface area contributed by atoms with Crippen molar-refractivity contribution in [2.45, 2.75) is 44.7 Å². The van der Waals surface area contributed by atoms with E-state index in [-0.39, 0.29) is 17.9 Å². The van der Waals surface area contributed by atoms with Crippen molar-refractivity contribution in [2.24, 2.45) is 5.92 Å². The number of nitrogens with zero attached hydrogens (tertiary/aromatic N) is 1. The van der Waals surface area contributed by atoms with Crippen LogP contribution in [0.5, 0.6) is 0 Å². The van der Waals surface area contributed by atoms with Crippen LogP contribution in [-0.2, 0) is 9.53 Å². The normalized spacial score (nSPS) is 29.1. The molecule has 1 aliphatic carbocycles. The van der Waals surface area contributed by atoms with E-state index in [4.69, 9.17) is 4.74 Å². The Kier molecular flexibility index (Phi) is 4.40. The molecule has 1 saturated carbocycles. The van der Waals surface area contributed by atoms with E-state index < -0.39 is 0 Å². The summed E-state index contributed by atoms with van der Waals surface area (Å²) in [5.41, 5.74) is 0. The maximum absolute atomic E-state index is 12.4. The number of rotatable bonds is 5. The zero-order chi connectivity index (χ0) is 12.3. The van der Waals surface area contributed by atoms with E-state index in [2.05, 4.69) is 12.2 Å². The lowest BCUT2D eigenvalue weighted by molar-refractivity contribution is -0.138. The van der Waals surface area contributed by atoms with Crippen LogP contribution in [0.2, 0.25) is 0 Å². The van der Waals surface area contributed by atoms with E-state index in [0.717, 1.165) is 13.0 Å². The second-order valence-electron chi connectivity index (χ2n) is 5.24. The quantitative estimate of drug-likeness (QED) is 0.780. The highest BCUT2D eigenvalue weighted by Gasteiger charge is 2.37. The Labute approximate surface area is 104 Å². The molecule has 4 heteroatoms. The standard InChI is InChI=1S/C13H24N2O2/c1-3-7-14-12-9-17-8-11(12)13(16)15(2)10-5-4-6-10/h10-12,14H,3-9H2,1-2H3. The summed E-state index contributed by atoms with van der Waals surface area (Å²) >= 11 is 0. The molecule has 0 aromatic heterocycles. The van der Waals surface area contributed by atoms with Crippen LogP contribution in [0.1, 0.15) is 32.6 Å². The number of hydrogen-bond donors (Lipinski definition) is 1. The Morgan fingerprint density at radius 1 is 1.41 bits per heavy atom. The van der Waals surface area contributed by atoms with Crippen molar-refractivity contribution < 1.29 is 9.53 Å². The van der Waals surface area contributed by atoms with E-state index in [1.165, 1.54) is 19.3 Å². The molecule has 0 aromatic carbocycles. The Hall–Kier alpha value is -0.610. The zero-order valence-corrected chi connectivity index (χ0v) is 10.9. The summed E-state index contributed by atoms with van der Waals surface area (Å²) in [6.07, 6.45) is 4.70. The fourth-order valence-electron chi connectivity index (χ4n) is 2.54. The Balaban J connectivity index is 1.88. The molecule has 1 saturated heterocycles. The van der Waals surface area contributed by atoms with Crippen LogP contribution in [-0.4, -0.2) is 49.7 Å². The summed E-state index contributed by atoms with van der Waals surface area (Å²) in [5.74, 6) is 0.285. The molecular formula is C13H24N2O2. The molecule has 0 aromatic rings. The molecule has 4 nitrogen and oxygen atoms in total. The molecule has 2 atom stereocenters. The first kappa shape index (κ1) is 12.8. The molecule has 1 N–H and O–H groups in total. The highest BCUT2D eigenvalue weighted by molar-refractivity contribution is 5.80. The second-order valence-corrected chi connectivity index (χ2v) is 5.24. The maximum atomic E-state index is 12.4. The molecule has 2 rings (SSSR count). The summed E-state index contributed by atoms with van der Waals surface area (Å²) < 4.78 is 5.46. The Bertz CT molecular complexity index is 266. The fraction of sp³-hybridized carbons (Fsp3) is 0.923. The van der Waals surface area contributed by atoms with Gasteiger partial charge in [0.25, 0.3) is 0 Å². The molecule has 17 heavy (non-hydrogen) atoms. The van der Waals surface area contributed by atoms with Crippen LogP contribution in [0.25, 0.3) is 0 Å². The maximum Gasteiger partial charge on any atom is 0.229 e. The van der Waals surface area contributed by atoms with Gasteiger partial charge < -0.3 is 15.0 Å². The molecule has 2 unspecified atom stereocenters. The second kappa shape index (κ2) is 5.83. The van der Waals surface area contributed by atoms with Crippen molar-refractivity contribution in [3.63, 3.8) is 0 Å². The van der Waals surface area contributed by atoms with Gasteiger partial charge in [-0.05, 0) is 32.2 Å². The van der Waals surface area contributed by atoms with Gasteiger partial charge in [0.2, 0.25) is 5.91 Å². The summed E-state index contributed by atoms with van der Waals surface area (Å²) in [4.78, 5) is 14.3. The molecule has 1 amide bonds. The van der Waals surface area contributed by atoms with Crippen LogP contribution in [0.15, 0.2) is 0 Å². The van der Waals surface area contributed by atoms with E-state index in [9.17, 15) is 4.79 Å². The van der Waals surface area contributed by atoms with Crippen LogP contribution in [0.4, 0.5) is 0 Å². The van der Waals surface area contributed by atoms with Crippen LogP contribution in [0, 0.1) is 5.92 Å². The lowest BCUT2D eigenvalue weighted by Gasteiger charge is -2.36. The molecule has 1 aliphatic heterocycles. The van der Waals surface area contributed by atoms with Gasteiger partial charge in [-0.1, -0.05) is 6.92 Å². The molecule has 2 fully saturated rings. The highest BCUT2D eigenvalue weighted by Crippen LogP contribution is 2.26. The summed E-state index contributed by atoms with van der Waals surface area (Å²) in [6, 6.07) is 0.694. The Morgan fingerprint density at radius 3 is 2.76 bits per heavy atom. The van der Waals surface area contributed by atoms with E-state index >= 15 is 0 Å². The fourth-order valence-corrected chi connectivity index (χ4v) is 2.54. The topological polar surface area (TPSA) is 41.6 Å². The van der Waals surface area contributed by atoms with Crippen molar-refractivity contribution in [3.8, 4) is 0 Å². The molecule has 2 aliphatic rings. The molecule has 0 spiro atoms. The van der Waals surface area contributed by atoms with Crippen LogP contribution < -0.4 is 5.32 Å². The van der Waals surface area contributed by atoms with Crippen molar-refractivity contribution in [3.05, 3.63) is 0 Å². The monoisotopic (exact) mass is 240 g/mol. The van der Waals surface area contributed by atoms with E-state index in [0.29, 0.717) is 19.3 Å². The third-order valence-electron chi connectivity index (χ3n) is 4.02. The Morgan fingerprint density at radius 2 is 2.18 bits per heavy atom. The molecular weight excluding hydrogens is 216 g/mol. The number of nitrogens with one attached hydrogen (secondary N) is 1. The SMILES string of the molecule is CCCNC1COCC1C(=O)N(C)C1CCC1. The molecule has 0 bridgehead atoms. The minimum atomic E-state index is 0.0205. The lowest BCUT2D eigenvalue weighted by atomic mass is 9.90. The minimum Gasteiger partial charge on any atom is -0.379 e. The van der Waals surface area contributed by atoms with Crippen molar-refractivity contribution in [2.75, 3.05) is 26.8 Å². The molecule has 98 valence electrons. The molecule has 1 heterocycles. The van der Waals surface area contributed by atoms with E-state index in [1.54, 1.807) is 0 Å². The highest BCUT2D eigenvalue weighted by atomic mass is 16.5. The van der Waals surface area contributed by atoms with Gasteiger partial charge in [0, 0.05) is 19.1 Å². The number of hydrogen-bond acceptors (Lipinski definition) is 3. The zero-order valence-electron chi connectivity index (χ0n) is 10.9. The summed E-state index contributed by atoms with van der Waals surface area (Å²) in [6.45, 7) is 4.36. The van der Waals surface area contributed by atoms with Crippen molar-refractivity contribution >= 4 is 5.91 Å². The van der Waals surface area contributed by atoms with Crippen molar-refractivity contribution in [1.82, 2.24) is 10.2 Å². The third-order valence-corrected chi connectivity index (χ3v) is 4.02. The molecule has 0 radical (unpaired) electrons. The largest absolute Gasteiger partial charge is 0.379 e. The third kappa shape index (κ3) is 2.80. The number of carbonyl (C=O) groups excluding carboxylic acids is 1. The first-order chi connectivity index (χ1) is 8.24. The lowest BCUT2D eigenvalue weighted by Crippen LogP contribution is -2.49. The number of carbonyl (C=O) groups is 1. The number of ether oxygens (including phenoxy) is 1. The predicted octanol–water partition coefficient (Wildman–Crippen LogP) is 1.01. The average molecular weight is 240 g/mol. The van der Waals surface area contributed by atoms with Gasteiger partial charge in [-0.3, -0.25) is 4.79 Å². The average Bonchev–Trinajstić information content (AvgIpc) is 2.70. The van der Waals surface area contributed by atoms with Gasteiger partial charge in [0.1, 0.15) is 0 Å². The summed E-state index contributed by atoms with van der Waals surface area (Å²) in [7, 11) is 1.95. The smallest absolute Gasteiger partial charge is 0.229 e. The first-order valence-corrected chi connectivity index (χ1v) is 6.81. The first-order valence-electron chi connectivity index (χ1n) is 6.81. The van der Waals surface area contributed by atoms with Gasteiger partial charge in [0.15, 0.2) is 0 Å². The van der Waals surface area contributed by atoms with Gasteiger partial charge in [-0.25, -0.2) is 0 Å². The van der Waals surface area contributed by atoms with Crippen LogP contribution in [0.3, 0.4) is 0 Å². The van der Waals surface area contributed by atoms with Gasteiger partial charge in [-0.15, -0.1) is 0 Å². The summed E-state index contributed by atoms with van der Waals surface area (Å²) in [5, 5.41) is 3.42. The number of amides is 1. The van der Waals surface area contributed by atoms with Gasteiger partial charge in [-0.2, -0.15) is 0 Å². The van der Waals surface area contributed by atoms with Gasteiger partial charge >= 0.3 is 0 Å². The van der Waals surface area contributed by atoms with E-state index in [1.807, 2.05) is 11.9 Å².